The summed E-state index contributed by atoms with van der Waals surface area (Å²) in [5.41, 5.74) is 2.19. The molecule has 0 saturated carbocycles. The third-order valence-corrected chi connectivity index (χ3v) is 7.72. The lowest BCUT2D eigenvalue weighted by Crippen LogP contribution is -2.38. The number of allylic oxidation sites excluding steroid dienone is 1. The Morgan fingerprint density at radius 2 is 1.91 bits per heavy atom. The van der Waals surface area contributed by atoms with Crippen molar-refractivity contribution in [3.05, 3.63) is 48.0 Å². The molecular weight excluding hydrogens is 308 g/mol. The zero-order valence-corrected chi connectivity index (χ0v) is 14.0. The lowest BCUT2D eigenvalue weighted by molar-refractivity contribution is 0.413. The van der Waals surface area contributed by atoms with Gasteiger partial charge < -0.3 is 4.74 Å². The Hall–Kier alpha value is -1.81. The van der Waals surface area contributed by atoms with Gasteiger partial charge in [-0.05, 0) is 41.7 Å². The summed E-state index contributed by atoms with van der Waals surface area (Å²) in [6.07, 6.45) is 5.11. The number of hydrogen-bond acceptors (Lipinski definition) is 3. The normalized spacial score (nSPS) is 25.9. The van der Waals surface area contributed by atoms with Crippen LogP contribution in [-0.2, 0) is 9.84 Å². The largest absolute Gasteiger partial charge is 0.496 e. The predicted molar refractivity (Wildman–Crippen MR) is 93.4 cm³/mol. The number of ether oxygens (including phenoxy) is 1. The number of hydrogen-bond donors (Lipinski definition) is 0. The Kier molecular flexibility index (Phi) is 3.45. The van der Waals surface area contributed by atoms with Crippen LogP contribution in [0.5, 0.6) is 5.75 Å². The van der Waals surface area contributed by atoms with E-state index >= 15 is 0 Å². The summed E-state index contributed by atoms with van der Waals surface area (Å²) >= 11 is 0. The van der Waals surface area contributed by atoms with Crippen LogP contribution in [0.1, 0.15) is 31.2 Å². The van der Waals surface area contributed by atoms with Crippen molar-refractivity contribution in [3.63, 3.8) is 0 Å². The van der Waals surface area contributed by atoms with Crippen molar-refractivity contribution in [2.24, 2.45) is 0 Å². The van der Waals surface area contributed by atoms with Crippen molar-refractivity contribution in [3.8, 4) is 5.75 Å². The molecule has 1 saturated heterocycles. The van der Waals surface area contributed by atoms with E-state index in [1.54, 1.807) is 7.11 Å². The van der Waals surface area contributed by atoms with Crippen LogP contribution >= 0.6 is 0 Å². The fourth-order valence-electron chi connectivity index (χ4n) is 3.99. The Morgan fingerprint density at radius 3 is 2.70 bits per heavy atom. The van der Waals surface area contributed by atoms with E-state index in [2.05, 4.69) is 18.2 Å². The molecule has 2 aromatic rings. The fourth-order valence-corrected chi connectivity index (χ4v) is 6.25. The number of rotatable bonds is 2. The van der Waals surface area contributed by atoms with Gasteiger partial charge in [0.2, 0.25) is 0 Å². The van der Waals surface area contributed by atoms with E-state index in [9.17, 15) is 8.42 Å². The van der Waals surface area contributed by atoms with E-state index in [0.29, 0.717) is 6.42 Å². The predicted octanol–water partition coefficient (Wildman–Crippen LogP) is 3.97. The first-order chi connectivity index (χ1) is 11.1. The molecule has 2 heterocycles. The Morgan fingerprint density at radius 1 is 1.09 bits per heavy atom. The summed E-state index contributed by atoms with van der Waals surface area (Å²) in [5.74, 6) is 0.826. The average Bonchev–Trinajstić information content (AvgIpc) is 2.53. The second-order valence-electron chi connectivity index (χ2n) is 6.44. The zero-order chi connectivity index (χ0) is 16.0. The highest BCUT2D eigenvalue weighted by molar-refractivity contribution is 7.93. The molecule has 0 N–H and O–H groups in total. The highest BCUT2D eigenvalue weighted by Gasteiger charge is 2.41. The summed E-state index contributed by atoms with van der Waals surface area (Å²) in [5, 5.41) is 1.73. The molecule has 0 aliphatic carbocycles. The molecule has 4 rings (SSSR count). The van der Waals surface area contributed by atoms with Gasteiger partial charge in [-0.15, -0.1) is 0 Å². The van der Waals surface area contributed by atoms with E-state index < -0.39 is 9.84 Å². The van der Waals surface area contributed by atoms with Crippen LogP contribution in [0.2, 0.25) is 0 Å². The molecule has 2 unspecified atom stereocenters. The molecule has 4 heteroatoms. The quantitative estimate of drug-likeness (QED) is 0.838. The summed E-state index contributed by atoms with van der Waals surface area (Å²) in [4.78, 5) is 0. The minimum Gasteiger partial charge on any atom is -0.496 e. The van der Waals surface area contributed by atoms with Crippen LogP contribution in [0.25, 0.3) is 16.3 Å². The van der Waals surface area contributed by atoms with Crippen molar-refractivity contribution >= 4 is 26.2 Å². The third-order valence-electron chi connectivity index (χ3n) is 5.17. The maximum Gasteiger partial charge on any atom is 0.159 e. The average molecular weight is 328 g/mol. The molecular formula is C19H20O3S. The van der Waals surface area contributed by atoms with Gasteiger partial charge in [-0.25, -0.2) is 8.42 Å². The van der Waals surface area contributed by atoms with Gasteiger partial charge in [-0.3, -0.25) is 0 Å². The molecule has 2 aliphatic rings. The maximum absolute atomic E-state index is 12.5. The van der Waals surface area contributed by atoms with E-state index in [-0.39, 0.29) is 10.5 Å². The van der Waals surface area contributed by atoms with Crippen LogP contribution in [0.3, 0.4) is 0 Å². The van der Waals surface area contributed by atoms with Crippen molar-refractivity contribution < 1.29 is 13.2 Å². The standard InChI is InChI=1S/C19H20O3S/c1-22-18-10-9-13-5-2-3-8-17(13)19(18)14-11-15-6-4-7-16(12-14)23(15,20)21/h2-3,5,8-11,15-16H,4,6-7,12H2,1H3. The van der Waals surface area contributed by atoms with Crippen molar-refractivity contribution in [2.45, 2.75) is 36.2 Å². The van der Waals surface area contributed by atoms with Crippen molar-refractivity contribution in [2.75, 3.05) is 7.11 Å². The van der Waals surface area contributed by atoms with Gasteiger partial charge in [-0.1, -0.05) is 42.8 Å². The molecule has 0 radical (unpaired) electrons. The van der Waals surface area contributed by atoms with Crippen LogP contribution in [0, 0.1) is 0 Å². The number of sulfone groups is 1. The molecule has 120 valence electrons. The molecule has 0 aromatic heterocycles. The van der Waals surface area contributed by atoms with Crippen LogP contribution < -0.4 is 4.74 Å². The fraction of sp³-hybridized carbons (Fsp3) is 0.368. The summed E-state index contributed by atoms with van der Waals surface area (Å²) in [7, 11) is -1.32. The molecule has 0 spiro atoms. The van der Waals surface area contributed by atoms with Crippen molar-refractivity contribution in [1.82, 2.24) is 0 Å². The summed E-state index contributed by atoms with van der Waals surface area (Å²) < 4.78 is 30.6. The zero-order valence-electron chi connectivity index (χ0n) is 13.2. The number of fused-ring (bicyclic) bond motifs is 3. The molecule has 2 bridgehead atoms. The molecule has 2 aromatic carbocycles. The van der Waals surface area contributed by atoms with Crippen molar-refractivity contribution in [1.29, 1.82) is 0 Å². The molecule has 2 aliphatic heterocycles. The van der Waals surface area contributed by atoms with Crippen LogP contribution in [0.4, 0.5) is 0 Å². The van der Waals surface area contributed by atoms with Gasteiger partial charge in [0.15, 0.2) is 9.84 Å². The van der Waals surface area contributed by atoms with E-state index in [0.717, 1.165) is 46.9 Å². The molecule has 2 atom stereocenters. The second kappa shape index (κ2) is 5.38. The van der Waals surface area contributed by atoms with Gasteiger partial charge >= 0.3 is 0 Å². The first kappa shape index (κ1) is 14.8. The lowest BCUT2D eigenvalue weighted by atomic mass is 9.90. The Bertz CT molecular complexity index is 896. The monoisotopic (exact) mass is 328 g/mol. The topological polar surface area (TPSA) is 43.4 Å². The maximum atomic E-state index is 12.5. The molecule has 0 amide bonds. The van der Waals surface area contributed by atoms with E-state index in [1.807, 2.05) is 24.3 Å². The summed E-state index contributed by atoms with van der Waals surface area (Å²) in [6.45, 7) is 0. The highest BCUT2D eigenvalue weighted by atomic mass is 32.2. The van der Waals surface area contributed by atoms with Gasteiger partial charge in [0.25, 0.3) is 0 Å². The minimum absolute atomic E-state index is 0.232. The van der Waals surface area contributed by atoms with Gasteiger partial charge in [-0.2, -0.15) is 0 Å². The first-order valence-electron chi connectivity index (χ1n) is 8.11. The van der Waals surface area contributed by atoms with E-state index in [4.69, 9.17) is 4.74 Å². The lowest BCUT2D eigenvalue weighted by Gasteiger charge is -2.34. The third kappa shape index (κ3) is 2.27. The highest BCUT2D eigenvalue weighted by Crippen LogP contribution is 2.43. The Labute approximate surface area is 136 Å². The minimum atomic E-state index is -3.00. The Balaban J connectivity index is 1.94. The first-order valence-corrected chi connectivity index (χ1v) is 9.71. The van der Waals surface area contributed by atoms with Crippen LogP contribution in [-0.4, -0.2) is 26.0 Å². The second-order valence-corrected chi connectivity index (χ2v) is 8.89. The van der Waals surface area contributed by atoms with E-state index in [1.165, 1.54) is 0 Å². The number of methoxy groups -OCH3 is 1. The van der Waals surface area contributed by atoms with Gasteiger partial charge in [0.05, 0.1) is 17.6 Å². The summed E-state index contributed by atoms with van der Waals surface area (Å²) in [6, 6.07) is 12.3. The molecule has 23 heavy (non-hydrogen) atoms. The van der Waals surface area contributed by atoms with Crippen LogP contribution in [0.15, 0.2) is 42.5 Å². The molecule has 3 nitrogen and oxygen atoms in total. The molecule has 1 fully saturated rings. The smallest absolute Gasteiger partial charge is 0.159 e. The van der Waals surface area contributed by atoms with Gasteiger partial charge in [0, 0.05) is 5.56 Å². The van der Waals surface area contributed by atoms with Gasteiger partial charge in [0.1, 0.15) is 5.75 Å². The number of benzene rings is 2. The SMILES string of the molecule is COc1ccc2ccccc2c1C1=CC2CCCC(C1)S2(=O)=O.